The predicted octanol–water partition coefficient (Wildman–Crippen LogP) is 5.94. The van der Waals surface area contributed by atoms with Gasteiger partial charge in [-0.2, -0.15) is 11.3 Å². The minimum atomic E-state index is 0.292. The van der Waals surface area contributed by atoms with E-state index in [0.29, 0.717) is 6.04 Å². The van der Waals surface area contributed by atoms with Crippen LogP contribution >= 0.6 is 27.3 Å². The summed E-state index contributed by atoms with van der Waals surface area (Å²) in [5.74, 6) is 5.68. The number of rotatable bonds is 12. The molecule has 1 rings (SSSR count). The second kappa shape index (κ2) is 11.7. The van der Waals surface area contributed by atoms with Crippen molar-refractivity contribution in [2.24, 2.45) is 5.84 Å². The highest BCUT2D eigenvalue weighted by atomic mass is 79.9. The van der Waals surface area contributed by atoms with Crippen LogP contribution in [0.25, 0.3) is 0 Å². The molecule has 0 aliphatic carbocycles. The zero-order valence-corrected chi connectivity index (χ0v) is 15.1. The van der Waals surface area contributed by atoms with Crippen molar-refractivity contribution < 1.29 is 0 Å². The molecule has 1 aromatic rings. The molecule has 0 fully saturated rings. The first-order valence-corrected chi connectivity index (χ1v) is 9.70. The fourth-order valence-corrected chi connectivity index (χ4v) is 4.16. The van der Waals surface area contributed by atoms with Gasteiger partial charge in [0, 0.05) is 15.9 Å². The molecular formula is C16H29BrN2S. The maximum absolute atomic E-state index is 5.68. The molecule has 0 aliphatic rings. The van der Waals surface area contributed by atoms with Crippen LogP contribution in [0.1, 0.15) is 82.7 Å². The van der Waals surface area contributed by atoms with Crippen molar-refractivity contribution in [2.45, 2.75) is 77.2 Å². The van der Waals surface area contributed by atoms with Crippen LogP contribution in [0.5, 0.6) is 0 Å². The molecule has 1 heterocycles. The average molecular weight is 361 g/mol. The summed E-state index contributed by atoms with van der Waals surface area (Å²) in [5.41, 5.74) is 4.25. The van der Waals surface area contributed by atoms with E-state index in [-0.39, 0.29) is 0 Å². The largest absolute Gasteiger partial charge is 0.271 e. The highest BCUT2D eigenvalue weighted by molar-refractivity contribution is 9.10. The Morgan fingerprint density at radius 3 is 2.15 bits per heavy atom. The van der Waals surface area contributed by atoms with E-state index in [4.69, 9.17) is 5.84 Å². The second-order valence-corrected chi connectivity index (χ2v) is 7.11. The molecule has 1 atom stereocenters. The number of hydrazine groups is 1. The van der Waals surface area contributed by atoms with Gasteiger partial charge in [-0.3, -0.25) is 11.3 Å². The number of halogens is 1. The standard InChI is InChI=1S/C16H29BrN2S/c1-2-3-4-5-6-7-8-9-10-11-16(19-18)14-12-20-13-15(14)17/h12-13,16,19H,2-11,18H2,1H3. The van der Waals surface area contributed by atoms with Crippen LogP contribution in [0, 0.1) is 0 Å². The molecule has 0 aliphatic heterocycles. The Morgan fingerprint density at radius 1 is 1.05 bits per heavy atom. The fraction of sp³-hybridized carbons (Fsp3) is 0.750. The second-order valence-electron chi connectivity index (χ2n) is 5.51. The van der Waals surface area contributed by atoms with E-state index >= 15 is 0 Å². The van der Waals surface area contributed by atoms with Crippen LogP contribution < -0.4 is 11.3 Å². The van der Waals surface area contributed by atoms with Crippen LogP contribution in [-0.2, 0) is 0 Å². The quantitative estimate of drug-likeness (QED) is 0.275. The topological polar surface area (TPSA) is 38.0 Å². The van der Waals surface area contributed by atoms with Crippen molar-refractivity contribution in [1.82, 2.24) is 5.43 Å². The van der Waals surface area contributed by atoms with Gasteiger partial charge < -0.3 is 0 Å². The van der Waals surface area contributed by atoms with Crippen molar-refractivity contribution >= 4 is 27.3 Å². The van der Waals surface area contributed by atoms with Gasteiger partial charge in [0.2, 0.25) is 0 Å². The molecule has 0 aromatic carbocycles. The molecule has 0 amide bonds. The molecule has 3 N–H and O–H groups in total. The Kier molecular flexibility index (Phi) is 10.6. The number of nitrogens with two attached hydrogens (primary N) is 1. The van der Waals surface area contributed by atoms with E-state index in [2.05, 4.69) is 39.0 Å². The van der Waals surface area contributed by atoms with Gasteiger partial charge in [0.15, 0.2) is 0 Å². The minimum Gasteiger partial charge on any atom is -0.271 e. The van der Waals surface area contributed by atoms with Gasteiger partial charge in [0.1, 0.15) is 0 Å². The molecule has 20 heavy (non-hydrogen) atoms. The molecule has 2 nitrogen and oxygen atoms in total. The molecule has 0 bridgehead atoms. The first-order chi connectivity index (χ1) is 9.79. The average Bonchev–Trinajstić information content (AvgIpc) is 2.87. The number of hydrogen-bond acceptors (Lipinski definition) is 3. The summed E-state index contributed by atoms with van der Waals surface area (Å²) in [6, 6.07) is 0.292. The highest BCUT2D eigenvalue weighted by Crippen LogP contribution is 2.30. The Morgan fingerprint density at radius 2 is 1.65 bits per heavy atom. The molecule has 0 saturated carbocycles. The number of unbranched alkanes of at least 4 members (excludes halogenated alkanes) is 8. The van der Waals surface area contributed by atoms with E-state index in [1.165, 1.54) is 67.8 Å². The summed E-state index contributed by atoms with van der Waals surface area (Å²) in [6.07, 6.45) is 13.5. The van der Waals surface area contributed by atoms with E-state index in [1.807, 2.05) is 0 Å². The Hall–Kier alpha value is 0.100. The third kappa shape index (κ3) is 7.21. The van der Waals surface area contributed by atoms with Gasteiger partial charge in [-0.25, -0.2) is 0 Å². The summed E-state index contributed by atoms with van der Waals surface area (Å²) >= 11 is 5.31. The molecule has 116 valence electrons. The Balaban J connectivity index is 2.04. The first kappa shape index (κ1) is 18.1. The number of hydrogen-bond donors (Lipinski definition) is 2. The predicted molar refractivity (Wildman–Crippen MR) is 93.9 cm³/mol. The normalized spacial score (nSPS) is 12.8. The van der Waals surface area contributed by atoms with E-state index in [1.54, 1.807) is 11.3 Å². The van der Waals surface area contributed by atoms with Gasteiger partial charge in [0.05, 0.1) is 0 Å². The Labute approximate surface area is 136 Å². The van der Waals surface area contributed by atoms with Crippen molar-refractivity contribution in [3.05, 3.63) is 20.8 Å². The Bertz CT molecular complexity index is 341. The minimum absolute atomic E-state index is 0.292. The lowest BCUT2D eigenvalue weighted by atomic mass is 10.0. The van der Waals surface area contributed by atoms with Crippen molar-refractivity contribution in [3.8, 4) is 0 Å². The smallest absolute Gasteiger partial charge is 0.0479 e. The van der Waals surface area contributed by atoms with E-state index < -0.39 is 0 Å². The SMILES string of the molecule is CCCCCCCCCCCC(NN)c1cscc1Br. The van der Waals surface area contributed by atoms with Gasteiger partial charge in [-0.05, 0) is 33.3 Å². The van der Waals surface area contributed by atoms with Crippen LogP contribution in [0.4, 0.5) is 0 Å². The molecule has 0 radical (unpaired) electrons. The van der Waals surface area contributed by atoms with Gasteiger partial charge in [-0.15, -0.1) is 0 Å². The maximum Gasteiger partial charge on any atom is 0.0479 e. The first-order valence-electron chi connectivity index (χ1n) is 7.97. The van der Waals surface area contributed by atoms with Crippen molar-refractivity contribution in [2.75, 3.05) is 0 Å². The highest BCUT2D eigenvalue weighted by Gasteiger charge is 2.13. The maximum atomic E-state index is 5.68. The third-order valence-electron chi connectivity index (χ3n) is 3.82. The fourth-order valence-electron chi connectivity index (χ4n) is 2.53. The van der Waals surface area contributed by atoms with Crippen molar-refractivity contribution in [3.63, 3.8) is 0 Å². The monoisotopic (exact) mass is 360 g/mol. The van der Waals surface area contributed by atoms with Crippen LogP contribution in [0.2, 0.25) is 0 Å². The zero-order chi connectivity index (χ0) is 14.6. The molecule has 0 spiro atoms. The lowest BCUT2D eigenvalue weighted by Crippen LogP contribution is -2.27. The molecular weight excluding hydrogens is 332 g/mol. The molecule has 1 unspecified atom stereocenters. The molecule has 0 saturated heterocycles. The summed E-state index contributed by atoms with van der Waals surface area (Å²) in [7, 11) is 0. The summed E-state index contributed by atoms with van der Waals surface area (Å²) < 4.78 is 1.18. The van der Waals surface area contributed by atoms with Gasteiger partial charge in [0.25, 0.3) is 0 Å². The third-order valence-corrected chi connectivity index (χ3v) is 5.57. The zero-order valence-electron chi connectivity index (χ0n) is 12.7. The molecule has 4 heteroatoms. The lowest BCUT2D eigenvalue weighted by molar-refractivity contribution is 0.474. The summed E-state index contributed by atoms with van der Waals surface area (Å²) in [5, 5.41) is 4.30. The van der Waals surface area contributed by atoms with Crippen LogP contribution in [0.15, 0.2) is 15.2 Å². The number of nitrogens with one attached hydrogen (secondary N) is 1. The van der Waals surface area contributed by atoms with E-state index in [0.717, 1.165) is 6.42 Å². The van der Waals surface area contributed by atoms with Crippen LogP contribution in [0.3, 0.4) is 0 Å². The lowest BCUT2D eigenvalue weighted by Gasteiger charge is -2.15. The van der Waals surface area contributed by atoms with Gasteiger partial charge in [-0.1, -0.05) is 64.7 Å². The van der Waals surface area contributed by atoms with Crippen molar-refractivity contribution in [1.29, 1.82) is 0 Å². The number of thiophene rings is 1. The summed E-state index contributed by atoms with van der Waals surface area (Å²) in [6.45, 7) is 2.27. The summed E-state index contributed by atoms with van der Waals surface area (Å²) in [4.78, 5) is 0. The van der Waals surface area contributed by atoms with E-state index in [9.17, 15) is 0 Å². The van der Waals surface area contributed by atoms with Gasteiger partial charge >= 0.3 is 0 Å². The molecule has 1 aromatic heterocycles. The van der Waals surface area contributed by atoms with Crippen LogP contribution in [-0.4, -0.2) is 0 Å².